The van der Waals surface area contributed by atoms with Crippen LogP contribution in [-0.2, 0) is 16.8 Å². The van der Waals surface area contributed by atoms with Crippen molar-refractivity contribution in [2.75, 3.05) is 12.4 Å². The van der Waals surface area contributed by atoms with Crippen LogP contribution < -0.4 is 0 Å². The maximum atomic E-state index is 12.5. The summed E-state index contributed by atoms with van der Waals surface area (Å²) >= 11 is 5.92. The Labute approximate surface area is 166 Å². The lowest BCUT2D eigenvalue weighted by molar-refractivity contribution is -0.129. The SMILES string of the molecule is O=C(CCl)N(Cc1cnn(C2CCCCC2)c1)CC1(c2ccccc2)CC1. The number of hydrogen-bond acceptors (Lipinski definition) is 2. The lowest BCUT2D eigenvalue weighted by atomic mass is 9.95. The highest BCUT2D eigenvalue weighted by molar-refractivity contribution is 6.27. The second kappa shape index (κ2) is 8.05. The predicted molar refractivity (Wildman–Crippen MR) is 108 cm³/mol. The molecule has 2 aliphatic carbocycles. The average Bonchev–Trinajstić information content (AvgIpc) is 3.37. The molecule has 0 bridgehead atoms. The van der Waals surface area contributed by atoms with Crippen LogP contribution in [0.3, 0.4) is 0 Å². The van der Waals surface area contributed by atoms with Crippen molar-refractivity contribution in [1.82, 2.24) is 14.7 Å². The van der Waals surface area contributed by atoms with Gasteiger partial charge in [-0.15, -0.1) is 11.6 Å². The first-order valence-electron chi connectivity index (χ1n) is 10.1. The third kappa shape index (κ3) is 4.21. The molecule has 1 amide bonds. The Kier molecular flexibility index (Phi) is 5.53. The molecule has 2 aliphatic rings. The highest BCUT2D eigenvalue weighted by Gasteiger charge is 2.46. The number of hydrogen-bond donors (Lipinski definition) is 0. The van der Waals surface area contributed by atoms with Gasteiger partial charge in [-0.3, -0.25) is 9.48 Å². The molecule has 1 aromatic heterocycles. The summed E-state index contributed by atoms with van der Waals surface area (Å²) in [5.74, 6) is 0.0334. The minimum atomic E-state index is 0.00397. The van der Waals surface area contributed by atoms with Crippen LogP contribution in [0.5, 0.6) is 0 Å². The Morgan fingerprint density at radius 3 is 2.59 bits per heavy atom. The molecule has 1 heterocycles. The summed E-state index contributed by atoms with van der Waals surface area (Å²) in [6.45, 7) is 1.32. The monoisotopic (exact) mass is 385 g/mol. The van der Waals surface area contributed by atoms with E-state index in [1.165, 1.54) is 37.7 Å². The average molecular weight is 386 g/mol. The van der Waals surface area contributed by atoms with E-state index in [1.807, 2.05) is 17.2 Å². The molecule has 0 atom stereocenters. The minimum Gasteiger partial charge on any atom is -0.336 e. The predicted octanol–water partition coefficient (Wildman–Crippen LogP) is 4.69. The number of benzene rings is 1. The molecule has 2 aromatic rings. The molecule has 4 nitrogen and oxygen atoms in total. The third-order valence-corrected chi connectivity index (χ3v) is 6.41. The molecule has 2 saturated carbocycles. The molecule has 2 fully saturated rings. The van der Waals surface area contributed by atoms with Gasteiger partial charge in [0.25, 0.3) is 0 Å². The van der Waals surface area contributed by atoms with Crippen molar-refractivity contribution >= 4 is 17.5 Å². The van der Waals surface area contributed by atoms with Crippen LogP contribution in [-0.4, -0.2) is 33.0 Å². The Morgan fingerprint density at radius 1 is 1.19 bits per heavy atom. The van der Waals surface area contributed by atoms with Gasteiger partial charge in [-0.1, -0.05) is 49.6 Å². The van der Waals surface area contributed by atoms with Gasteiger partial charge in [-0.05, 0) is 31.2 Å². The Hall–Kier alpha value is -1.81. The van der Waals surface area contributed by atoms with Crippen LogP contribution in [0.1, 0.15) is 62.1 Å². The molecule has 144 valence electrons. The third-order valence-electron chi connectivity index (χ3n) is 6.18. The maximum absolute atomic E-state index is 12.5. The summed E-state index contributed by atoms with van der Waals surface area (Å²) in [5, 5.41) is 4.59. The number of carbonyl (C=O) groups is 1. The van der Waals surface area contributed by atoms with Gasteiger partial charge in [-0.2, -0.15) is 5.10 Å². The van der Waals surface area contributed by atoms with Crippen molar-refractivity contribution in [1.29, 1.82) is 0 Å². The van der Waals surface area contributed by atoms with Crippen LogP contribution in [0, 0.1) is 0 Å². The molecule has 27 heavy (non-hydrogen) atoms. The summed E-state index contributed by atoms with van der Waals surface area (Å²) in [6, 6.07) is 11.1. The van der Waals surface area contributed by atoms with Crippen LogP contribution >= 0.6 is 11.6 Å². The molecule has 0 aliphatic heterocycles. The van der Waals surface area contributed by atoms with E-state index in [9.17, 15) is 4.79 Å². The molecule has 1 aromatic carbocycles. The molecule has 0 saturated heterocycles. The maximum Gasteiger partial charge on any atom is 0.237 e. The number of rotatable bonds is 7. The van der Waals surface area contributed by atoms with Gasteiger partial charge in [0.05, 0.1) is 12.2 Å². The standard InChI is InChI=1S/C22H28ClN3O/c23-13-21(27)25(17-22(11-12-22)19-7-3-1-4-8-19)15-18-14-24-26(16-18)20-9-5-2-6-10-20/h1,3-4,7-8,14,16,20H,2,5-6,9-13,15,17H2. The van der Waals surface area contributed by atoms with Crippen LogP contribution in [0.4, 0.5) is 0 Å². The van der Waals surface area contributed by atoms with Gasteiger partial charge >= 0.3 is 0 Å². The van der Waals surface area contributed by atoms with E-state index in [2.05, 4.69) is 40.2 Å². The zero-order valence-corrected chi connectivity index (χ0v) is 16.6. The zero-order chi connectivity index (χ0) is 18.7. The summed E-state index contributed by atoms with van der Waals surface area (Å²) in [5.41, 5.74) is 2.53. The fraction of sp³-hybridized carbons (Fsp3) is 0.545. The van der Waals surface area contributed by atoms with Crippen molar-refractivity contribution < 1.29 is 4.79 Å². The summed E-state index contributed by atoms with van der Waals surface area (Å²) in [6.07, 6.45) is 12.6. The Bertz CT molecular complexity index is 763. The number of nitrogens with zero attached hydrogens (tertiary/aromatic N) is 3. The zero-order valence-electron chi connectivity index (χ0n) is 15.8. The highest BCUT2D eigenvalue weighted by Crippen LogP contribution is 2.48. The first-order chi connectivity index (χ1) is 13.2. The van der Waals surface area contributed by atoms with E-state index in [4.69, 9.17) is 11.6 Å². The number of halogens is 1. The van der Waals surface area contributed by atoms with E-state index in [1.54, 1.807) is 0 Å². The first-order valence-corrected chi connectivity index (χ1v) is 10.7. The van der Waals surface area contributed by atoms with Crippen LogP contribution in [0.2, 0.25) is 0 Å². The molecule has 0 unspecified atom stereocenters. The van der Waals surface area contributed by atoms with Gasteiger partial charge < -0.3 is 4.90 Å². The van der Waals surface area contributed by atoms with Crippen molar-refractivity contribution in [3.63, 3.8) is 0 Å². The molecular formula is C22H28ClN3O. The summed E-state index contributed by atoms with van der Waals surface area (Å²) in [4.78, 5) is 14.5. The van der Waals surface area contributed by atoms with Gasteiger partial charge in [0, 0.05) is 30.3 Å². The molecule has 0 radical (unpaired) electrons. The number of alkyl halides is 1. The van der Waals surface area contributed by atoms with Crippen molar-refractivity contribution in [3.05, 3.63) is 53.9 Å². The van der Waals surface area contributed by atoms with Crippen LogP contribution in [0.15, 0.2) is 42.7 Å². The summed E-state index contributed by atoms with van der Waals surface area (Å²) < 4.78 is 2.11. The molecule has 0 N–H and O–H groups in total. The molecule has 4 rings (SSSR count). The summed E-state index contributed by atoms with van der Waals surface area (Å²) in [7, 11) is 0. The van der Waals surface area contributed by atoms with Crippen molar-refractivity contribution in [2.45, 2.75) is 62.9 Å². The molecule has 0 spiro atoms. The van der Waals surface area contributed by atoms with Gasteiger partial charge in [0.15, 0.2) is 0 Å². The fourth-order valence-electron chi connectivity index (χ4n) is 4.39. The topological polar surface area (TPSA) is 38.1 Å². The molecular weight excluding hydrogens is 358 g/mol. The lowest BCUT2D eigenvalue weighted by Crippen LogP contribution is -2.37. The van der Waals surface area contributed by atoms with E-state index in [0.29, 0.717) is 12.6 Å². The van der Waals surface area contributed by atoms with Gasteiger partial charge in [-0.25, -0.2) is 0 Å². The first kappa shape index (κ1) is 18.5. The van der Waals surface area contributed by atoms with Crippen molar-refractivity contribution in [3.8, 4) is 0 Å². The number of amides is 1. The minimum absolute atomic E-state index is 0.00397. The highest BCUT2D eigenvalue weighted by atomic mass is 35.5. The smallest absolute Gasteiger partial charge is 0.237 e. The van der Waals surface area contributed by atoms with Crippen LogP contribution in [0.25, 0.3) is 0 Å². The normalized spacial score (nSPS) is 19.0. The lowest BCUT2D eigenvalue weighted by Gasteiger charge is -2.27. The van der Waals surface area contributed by atoms with E-state index < -0.39 is 0 Å². The largest absolute Gasteiger partial charge is 0.336 e. The second-order valence-electron chi connectivity index (χ2n) is 8.15. The Morgan fingerprint density at radius 2 is 1.93 bits per heavy atom. The van der Waals surface area contributed by atoms with Gasteiger partial charge in [0.1, 0.15) is 5.88 Å². The fourth-order valence-corrected chi connectivity index (χ4v) is 4.56. The Balaban J connectivity index is 1.47. The van der Waals surface area contributed by atoms with E-state index in [-0.39, 0.29) is 17.2 Å². The second-order valence-corrected chi connectivity index (χ2v) is 8.42. The number of carbonyl (C=O) groups excluding carboxylic acids is 1. The molecule has 5 heteroatoms. The number of aromatic nitrogens is 2. The van der Waals surface area contributed by atoms with Crippen molar-refractivity contribution in [2.24, 2.45) is 0 Å². The quantitative estimate of drug-likeness (QED) is 0.648. The van der Waals surface area contributed by atoms with E-state index >= 15 is 0 Å². The van der Waals surface area contributed by atoms with Gasteiger partial charge in [0.2, 0.25) is 5.91 Å². The van der Waals surface area contributed by atoms with E-state index in [0.717, 1.165) is 24.9 Å².